The summed E-state index contributed by atoms with van der Waals surface area (Å²) in [6.45, 7) is 4.83. The first-order valence-electron chi connectivity index (χ1n) is 13.4. The lowest BCUT2D eigenvalue weighted by Gasteiger charge is -2.29. The van der Waals surface area contributed by atoms with Gasteiger partial charge in [0.15, 0.2) is 0 Å². The first kappa shape index (κ1) is 28.0. The highest BCUT2D eigenvalue weighted by atomic mass is 32.1. The minimum atomic E-state index is -1.46. The van der Waals surface area contributed by atoms with Crippen molar-refractivity contribution >= 4 is 22.1 Å². The largest absolute Gasteiger partial charge is 0.496 e. The van der Waals surface area contributed by atoms with Crippen molar-refractivity contribution in [1.82, 2.24) is 9.38 Å². The molecule has 1 atom stereocenters. The molecule has 3 heterocycles. The fraction of sp³-hybridized carbons (Fsp3) is 0.433. The van der Waals surface area contributed by atoms with Gasteiger partial charge in [-0.05, 0) is 63.4 Å². The molecule has 1 saturated carbocycles. The Hall–Kier alpha value is -3.50. The number of aliphatic carboxylic acids is 1. The second-order valence-corrected chi connectivity index (χ2v) is 11.8. The summed E-state index contributed by atoms with van der Waals surface area (Å²) < 4.78 is 33.9. The predicted octanol–water partition coefficient (Wildman–Crippen LogP) is 6.47. The number of fused-ring (bicyclic) bond motifs is 1. The first-order valence-corrected chi connectivity index (χ1v) is 14.2. The summed E-state index contributed by atoms with van der Waals surface area (Å²) in [6, 6.07) is 6.03. The molecule has 0 spiro atoms. The van der Waals surface area contributed by atoms with Crippen LogP contribution in [-0.2, 0) is 21.4 Å². The normalized spacial score (nSPS) is 15.4. The number of benzene rings is 1. The van der Waals surface area contributed by atoms with E-state index in [0.29, 0.717) is 38.2 Å². The third-order valence-electron chi connectivity index (χ3n) is 7.78. The third kappa shape index (κ3) is 5.17. The highest BCUT2D eigenvalue weighted by Gasteiger charge is 2.35. The van der Waals surface area contributed by atoms with Crippen molar-refractivity contribution in [3.8, 4) is 16.5 Å². The van der Waals surface area contributed by atoms with Gasteiger partial charge in [-0.15, -0.1) is 11.3 Å². The zero-order chi connectivity index (χ0) is 28.6. The average molecular weight is 569 g/mol. The van der Waals surface area contributed by atoms with Crippen LogP contribution in [0.2, 0.25) is 0 Å². The molecular weight excluding hydrogens is 535 g/mol. The molecule has 1 N–H and O–H groups in total. The van der Waals surface area contributed by atoms with Crippen molar-refractivity contribution in [2.45, 2.75) is 76.9 Å². The van der Waals surface area contributed by atoms with Gasteiger partial charge in [-0.2, -0.15) is 0 Å². The summed E-state index contributed by atoms with van der Waals surface area (Å²) in [5.41, 5.74) is 0.158. The van der Waals surface area contributed by atoms with Gasteiger partial charge in [0.25, 0.3) is 5.56 Å². The summed E-state index contributed by atoms with van der Waals surface area (Å²) in [6.07, 6.45) is 7.75. The van der Waals surface area contributed by atoms with Gasteiger partial charge in [-0.3, -0.25) is 14.0 Å². The number of halogens is 1. The maximum absolute atomic E-state index is 14.6. The molecular formula is C30H33FN2O6S. The van der Waals surface area contributed by atoms with E-state index in [0.717, 1.165) is 32.1 Å². The molecule has 0 radical (unpaired) electrons. The summed E-state index contributed by atoms with van der Waals surface area (Å²) in [5.74, 6) is -0.649. The van der Waals surface area contributed by atoms with E-state index in [1.807, 2.05) is 0 Å². The number of aromatic nitrogens is 2. The number of aryl methyl sites for hydroxylation is 1. The van der Waals surface area contributed by atoms with Crippen molar-refractivity contribution in [2.75, 3.05) is 7.11 Å². The van der Waals surface area contributed by atoms with E-state index in [9.17, 15) is 19.1 Å². The smallest absolute Gasteiger partial charge is 0.313 e. The van der Waals surface area contributed by atoms with E-state index < -0.39 is 28.9 Å². The van der Waals surface area contributed by atoms with Gasteiger partial charge in [-0.25, -0.2) is 9.37 Å². The molecule has 3 aromatic heterocycles. The number of hydrogen-bond donors (Lipinski definition) is 1. The zero-order valence-corrected chi connectivity index (χ0v) is 23.8. The van der Waals surface area contributed by atoms with Crippen LogP contribution in [0.3, 0.4) is 0 Å². The number of carbonyl (C=O) groups is 1. The van der Waals surface area contributed by atoms with Crippen LogP contribution in [0, 0.1) is 12.7 Å². The monoisotopic (exact) mass is 568 g/mol. The molecule has 0 saturated heterocycles. The number of carboxylic acids is 1. The van der Waals surface area contributed by atoms with E-state index in [-0.39, 0.29) is 18.1 Å². The van der Waals surface area contributed by atoms with Crippen LogP contribution >= 0.6 is 11.3 Å². The number of nitrogens with zero attached hydrogens (tertiary/aromatic N) is 2. The van der Waals surface area contributed by atoms with Crippen LogP contribution < -0.4 is 10.3 Å². The quantitative estimate of drug-likeness (QED) is 0.247. The molecule has 0 bridgehead atoms. The topological polar surface area (TPSA) is 103 Å². The number of ether oxygens (including phenoxy) is 2. The molecule has 40 heavy (non-hydrogen) atoms. The fourth-order valence-electron chi connectivity index (χ4n) is 5.41. The first-order chi connectivity index (χ1) is 19.1. The molecule has 1 aliphatic carbocycles. The van der Waals surface area contributed by atoms with Crippen LogP contribution in [0.25, 0.3) is 15.6 Å². The van der Waals surface area contributed by atoms with Gasteiger partial charge in [0.1, 0.15) is 27.5 Å². The maximum Gasteiger partial charge on any atom is 0.313 e. The molecule has 1 aliphatic rings. The number of pyridine rings is 1. The number of thiazole rings is 1. The lowest BCUT2D eigenvalue weighted by molar-refractivity contribution is -0.142. The molecule has 8 nitrogen and oxygen atoms in total. The second kappa shape index (κ2) is 11.2. The molecule has 0 aliphatic heterocycles. The van der Waals surface area contributed by atoms with Gasteiger partial charge in [0.05, 0.1) is 30.9 Å². The average Bonchev–Trinajstić information content (AvgIpc) is 3.58. The molecule has 212 valence electrons. The number of carboxylic acid groups (broad SMARTS) is 1. The summed E-state index contributed by atoms with van der Waals surface area (Å²) in [5, 5.41) is 10.0. The summed E-state index contributed by atoms with van der Waals surface area (Å²) in [4.78, 5) is 31.7. The molecule has 0 unspecified atom stereocenters. The van der Waals surface area contributed by atoms with Crippen LogP contribution in [-0.4, -0.2) is 33.7 Å². The van der Waals surface area contributed by atoms with E-state index >= 15 is 0 Å². The Labute approximate surface area is 235 Å². The van der Waals surface area contributed by atoms with Crippen LogP contribution in [0.1, 0.15) is 74.4 Å². The predicted molar refractivity (Wildman–Crippen MR) is 150 cm³/mol. The Balaban J connectivity index is 1.72. The van der Waals surface area contributed by atoms with Gasteiger partial charge in [0, 0.05) is 23.2 Å². The highest BCUT2D eigenvalue weighted by molar-refractivity contribution is 7.21. The fourth-order valence-corrected chi connectivity index (χ4v) is 6.61. The highest BCUT2D eigenvalue weighted by Crippen LogP contribution is 2.39. The lowest BCUT2D eigenvalue weighted by atomic mass is 9.84. The Morgan fingerprint density at radius 1 is 1.27 bits per heavy atom. The summed E-state index contributed by atoms with van der Waals surface area (Å²) in [7, 11) is 1.54. The minimum Gasteiger partial charge on any atom is -0.496 e. The van der Waals surface area contributed by atoms with Gasteiger partial charge in [0.2, 0.25) is 5.89 Å². The standard InChI is InChI=1S/C30H33FN2O6S/c1-17-25(26-32-12-13-38-26)40-28-18(14-22(27(34)33(17)28)30(2,3)29(35)36)15-24(39-20-8-6-5-7-9-20)21-16-19(31)10-11-23(21)37-4/h10-14,16,20,24H,5-9,15H2,1-4H3,(H,35,36)/t24-/m0/s1. The van der Waals surface area contributed by atoms with Crippen molar-refractivity contribution in [3.63, 3.8) is 0 Å². The van der Waals surface area contributed by atoms with Gasteiger partial charge in [-0.1, -0.05) is 19.3 Å². The Morgan fingerprint density at radius 3 is 2.67 bits per heavy atom. The van der Waals surface area contributed by atoms with E-state index in [1.165, 1.54) is 56.9 Å². The molecule has 1 fully saturated rings. The third-order valence-corrected chi connectivity index (χ3v) is 9.09. The van der Waals surface area contributed by atoms with E-state index in [2.05, 4.69) is 4.98 Å². The summed E-state index contributed by atoms with van der Waals surface area (Å²) >= 11 is 1.34. The SMILES string of the molecule is COc1ccc(F)cc1[C@H](Cc1cc(C(C)(C)C(=O)O)c(=O)n2c(C)c(-c3ncco3)sc12)OC1CCCCC1. The Bertz CT molecular complexity index is 1580. The Kier molecular flexibility index (Phi) is 7.83. The van der Waals surface area contributed by atoms with Gasteiger partial charge >= 0.3 is 5.97 Å². The van der Waals surface area contributed by atoms with Crippen molar-refractivity contribution in [3.05, 3.63) is 75.3 Å². The number of hydrogen-bond acceptors (Lipinski definition) is 7. The van der Waals surface area contributed by atoms with E-state index in [4.69, 9.17) is 13.9 Å². The molecule has 10 heteroatoms. The number of oxazole rings is 1. The van der Waals surface area contributed by atoms with Gasteiger partial charge < -0.3 is 19.0 Å². The Morgan fingerprint density at radius 2 is 2.02 bits per heavy atom. The second-order valence-electron chi connectivity index (χ2n) is 10.8. The van der Waals surface area contributed by atoms with Crippen molar-refractivity contribution < 1.29 is 28.2 Å². The number of methoxy groups -OCH3 is 1. The van der Waals surface area contributed by atoms with Crippen molar-refractivity contribution in [2.24, 2.45) is 0 Å². The lowest BCUT2D eigenvalue weighted by Crippen LogP contribution is -2.36. The number of rotatable bonds is 9. The van der Waals surface area contributed by atoms with Crippen LogP contribution in [0.5, 0.6) is 5.75 Å². The molecule has 1 aromatic carbocycles. The van der Waals surface area contributed by atoms with Crippen LogP contribution in [0.4, 0.5) is 4.39 Å². The molecule has 4 aromatic rings. The van der Waals surface area contributed by atoms with Crippen LogP contribution in [0.15, 0.2) is 45.9 Å². The minimum absolute atomic E-state index is 0.00321. The van der Waals surface area contributed by atoms with Crippen molar-refractivity contribution in [1.29, 1.82) is 0 Å². The zero-order valence-electron chi connectivity index (χ0n) is 23.0. The molecule has 5 rings (SSSR count). The van der Waals surface area contributed by atoms with E-state index in [1.54, 1.807) is 23.5 Å². The maximum atomic E-state index is 14.6. The molecule has 0 amide bonds.